The first-order chi connectivity index (χ1) is 9.24. The summed E-state index contributed by atoms with van der Waals surface area (Å²) >= 11 is 0. The summed E-state index contributed by atoms with van der Waals surface area (Å²) in [6.07, 6.45) is 0.105. The number of para-hydroxylation sites is 1. The molecule has 1 aromatic carbocycles. The summed E-state index contributed by atoms with van der Waals surface area (Å²) in [7, 11) is 0. The highest BCUT2D eigenvalue weighted by Crippen LogP contribution is 2.23. The fraction of sp³-hybridized carbons (Fsp3) is 0.357. The maximum Gasteiger partial charge on any atom is 0.200 e. The van der Waals surface area contributed by atoms with Gasteiger partial charge in [-0.3, -0.25) is 4.79 Å². The van der Waals surface area contributed by atoms with Crippen molar-refractivity contribution in [3.05, 3.63) is 35.8 Å². The number of halogens is 1. The number of rotatable bonds is 3. The van der Waals surface area contributed by atoms with E-state index in [4.69, 9.17) is 9.15 Å². The van der Waals surface area contributed by atoms with E-state index in [1.165, 1.54) is 6.07 Å². The number of carbonyl (C=O) groups is 1. The molecule has 2 aromatic rings. The van der Waals surface area contributed by atoms with Gasteiger partial charge in [0.05, 0.1) is 12.7 Å². The van der Waals surface area contributed by atoms with E-state index in [1.54, 1.807) is 18.2 Å². The Bertz CT molecular complexity index is 602. The number of hydrogen-bond donors (Lipinski definition) is 1. The van der Waals surface area contributed by atoms with Gasteiger partial charge in [-0.05, 0) is 12.1 Å². The van der Waals surface area contributed by atoms with Gasteiger partial charge >= 0.3 is 0 Å². The van der Waals surface area contributed by atoms with Gasteiger partial charge in [0.1, 0.15) is 0 Å². The Morgan fingerprint density at radius 3 is 3.11 bits per heavy atom. The Balaban J connectivity index is 1.79. The Kier molecular flexibility index (Phi) is 3.31. The van der Waals surface area contributed by atoms with Crippen molar-refractivity contribution in [2.75, 3.05) is 19.7 Å². The Hall–Kier alpha value is -1.72. The van der Waals surface area contributed by atoms with E-state index in [0.29, 0.717) is 18.5 Å². The van der Waals surface area contributed by atoms with Gasteiger partial charge < -0.3 is 14.5 Å². The number of morpholine rings is 1. The molecule has 1 fully saturated rings. The van der Waals surface area contributed by atoms with Crippen LogP contribution in [0.15, 0.2) is 28.7 Å². The van der Waals surface area contributed by atoms with Crippen LogP contribution < -0.4 is 5.32 Å². The molecule has 1 N–H and O–H groups in total. The third-order valence-corrected chi connectivity index (χ3v) is 3.19. The summed E-state index contributed by atoms with van der Waals surface area (Å²) in [6.45, 7) is 2.06. The molecule has 0 saturated carbocycles. The summed E-state index contributed by atoms with van der Waals surface area (Å²) in [5, 5.41) is 3.76. The summed E-state index contributed by atoms with van der Waals surface area (Å²) in [4.78, 5) is 12.1. The zero-order chi connectivity index (χ0) is 13.2. The van der Waals surface area contributed by atoms with Crippen LogP contribution in [0.2, 0.25) is 0 Å². The fourth-order valence-corrected chi connectivity index (χ4v) is 2.22. The fourth-order valence-electron chi connectivity index (χ4n) is 2.22. The van der Waals surface area contributed by atoms with E-state index in [9.17, 15) is 9.18 Å². The van der Waals surface area contributed by atoms with Crippen LogP contribution in [0.25, 0.3) is 11.0 Å². The molecule has 1 saturated heterocycles. The molecule has 1 atom stereocenters. The topological polar surface area (TPSA) is 51.5 Å². The molecule has 0 aliphatic carbocycles. The van der Waals surface area contributed by atoms with Crippen molar-refractivity contribution in [2.24, 2.45) is 0 Å². The molecule has 3 rings (SSSR count). The number of nitrogens with one attached hydrogen (secondary N) is 1. The molecular formula is C14H14FNO3. The first kappa shape index (κ1) is 12.3. The lowest BCUT2D eigenvalue weighted by Gasteiger charge is -2.22. The standard InChI is InChI=1S/C14H14FNO3/c15-11-3-1-2-9-6-13(19-14(9)11)12(17)7-10-8-16-4-5-18-10/h1-3,6,10,16H,4-5,7-8H2. The zero-order valence-corrected chi connectivity index (χ0v) is 10.3. The van der Waals surface area contributed by atoms with Crippen LogP contribution in [0.1, 0.15) is 17.0 Å². The predicted octanol–water partition coefficient (Wildman–Crippen LogP) is 2.13. The zero-order valence-electron chi connectivity index (χ0n) is 10.3. The van der Waals surface area contributed by atoms with E-state index in [1.807, 2.05) is 0 Å². The van der Waals surface area contributed by atoms with Crippen LogP contribution in [0, 0.1) is 5.82 Å². The first-order valence-corrected chi connectivity index (χ1v) is 6.27. The molecule has 0 spiro atoms. The highest BCUT2D eigenvalue weighted by molar-refractivity contribution is 5.97. The summed E-state index contributed by atoms with van der Waals surface area (Å²) in [6, 6.07) is 6.21. The molecule has 19 heavy (non-hydrogen) atoms. The molecule has 2 heterocycles. The smallest absolute Gasteiger partial charge is 0.200 e. The Labute approximate surface area is 109 Å². The van der Waals surface area contributed by atoms with E-state index in [2.05, 4.69) is 5.32 Å². The maximum atomic E-state index is 13.5. The molecule has 4 nitrogen and oxygen atoms in total. The van der Waals surface area contributed by atoms with Crippen LogP contribution in [-0.2, 0) is 4.74 Å². The van der Waals surface area contributed by atoms with Crippen LogP contribution in [-0.4, -0.2) is 31.6 Å². The average Bonchev–Trinajstić information content (AvgIpc) is 2.85. The van der Waals surface area contributed by atoms with E-state index in [-0.39, 0.29) is 29.7 Å². The van der Waals surface area contributed by atoms with E-state index in [0.717, 1.165) is 6.54 Å². The maximum absolute atomic E-state index is 13.5. The number of carbonyl (C=O) groups excluding carboxylic acids is 1. The van der Waals surface area contributed by atoms with Crippen LogP contribution in [0.4, 0.5) is 4.39 Å². The number of benzene rings is 1. The molecule has 1 unspecified atom stereocenters. The van der Waals surface area contributed by atoms with Crippen molar-refractivity contribution >= 4 is 16.8 Å². The van der Waals surface area contributed by atoms with Gasteiger partial charge in [0, 0.05) is 24.9 Å². The van der Waals surface area contributed by atoms with Gasteiger partial charge in [0.15, 0.2) is 17.2 Å². The van der Waals surface area contributed by atoms with Gasteiger partial charge in [-0.25, -0.2) is 4.39 Å². The highest BCUT2D eigenvalue weighted by Gasteiger charge is 2.21. The van der Waals surface area contributed by atoms with Gasteiger partial charge in [0.25, 0.3) is 0 Å². The minimum Gasteiger partial charge on any atom is -0.450 e. The third-order valence-electron chi connectivity index (χ3n) is 3.19. The lowest BCUT2D eigenvalue weighted by molar-refractivity contribution is 0.0234. The second-order valence-corrected chi connectivity index (χ2v) is 4.59. The second-order valence-electron chi connectivity index (χ2n) is 4.59. The number of Topliss-reactive ketones (excluding diaryl/α,β-unsaturated/α-hetero) is 1. The normalized spacial score (nSPS) is 19.7. The van der Waals surface area contributed by atoms with Crippen molar-refractivity contribution in [3.8, 4) is 0 Å². The molecule has 1 aliphatic heterocycles. The highest BCUT2D eigenvalue weighted by atomic mass is 19.1. The number of ketones is 1. The number of fused-ring (bicyclic) bond motifs is 1. The third kappa shape index (κ3) is 2.52. The summed E-state index contributed by atoms with van der Waals surface area (Å²) < 4.78 is 24.3. The molecule has 0 amide bonds. The Morgan fingerprint density at radius 2 is 2.37 bits per heavy atom. The molecule has 1 aromatic heterocycles. The quantitative estimate of drug-likeness (QED) is 0.862. The molecule has 100 valence electrons. The van der Waals surface area contributed by atoms with Crippen molar-refractivity contribution in [1.82, 2.24) is 5.32 Å². The van der Waals surface area contributed by atoms with Crippen molar-refractivity contribution in [1.29, 1.82) is 0 Å². The van der Waals surface area contributed by atoms with Crippen LogP contribution >= 0.6 is 0 Å². The van der Waals surface area contributed by atoms with E-state index >= 15 is 0 Å². The van der Waals surface area contributed by atoms with Crippen molar-refractivity contribution < 1.29 is 18.3 Å². The minimum absolute atomic E-state index is 0.133. The lowest BCUT2D eigenvalue weighted by Crippen LogP contribution is -2.39. The Morgan fingerprint density at radius 1 is 1.47 bits per heavy atom. The lowest BCUT2D eigenvalue weighted by atomic mass is 10.1. The van der Waals surface area contributed by atoms with Gasteiger partial charge in [0.2, 0.25) is 5.78 Å². The van der Waals surface area contributed by atoms with Crippen molar-refractivity contribution in [3.63, 3.8) is 0 Å². The van der Waals surface area contributed by atoms with E-state index < -0.39 is 5.82 Å². The second kappa shape index (κ2) is 5.11. The first-order valence-electron chi connectivity index (χ1n) is 6.27. The molecule has 5 heteroatoms. The molecule has 0 radical (unpaired) electrons. The number of hydrogen-bond acceptors (Lipinski definition) is 4. The summed E-state index contributed by atoms with van der Waals surface area (Å²) in [5.74, 6) is -0.425. The van der Waals surface area contributed by atoms with Crippen LogP contribution in [0.3, 0.4) is 0 Å². The largest absolute Gasteiger partial charge is 0.450 e. The number of ether oxygens (including phenoxy) is 1. The molecule has 0 bridgehead atoms. The van der Waals surface area contributed by atoms with Crippen molar-refractivity contribution in [2.45, 2.75) is 12.5 Å². The van der Waals surface area contributed by atoms with Gasteiger partial charge in [-0.2, -0.15) is 0 Å². The molecular weight excluding hydrogens is 249 g/mol. The number of furan rings is 1. The van der Waals surface area contributed by atoms with Gasteiger partial charge in [-0.15, -0.1) is 0 Å². The molecule has 1 aliphatic rings. The summed E-state index contributed by atoms with van der Waals surface area (Å²) in [5.41, 5.74) is 0.133. The monoisotopic (exact) mass is 263 g/mol. The van der Waals surface area contributed by atoms with Crippen LogP contribution in [0.5, 0.6) is 0 Å². The average molecular weight is 263 g/mol. The SMILES string of the molecule is O=C(CC1CNCCO1)c1cc2cccc(F)c2o1. The van der Waals surface area contributed by atoms with Gasteiger partial charge in [-0.1, -0.05) is 12.1 Å². The predicted molar refractivity (Wildman–Crippen MR) is 67.7 cm³/mol. The minimum atomic E-state index is -0.452.